The van der Waals surface area contributed by atoms with Gasteiger partial charge in [0, 0.05) is 10.7 Å². The molecule has 7 heteroatoms. The van der Waals surface area contributed by atoms with Crippen LogP contribution < -0.4 is 15.5 Å². The summed E-state index contributed by atoms with van der Waals surface area (Å²) in [6, 6.07) is 10.7. The quantitative estimate of drug-likeness (QED) is 0.705. The Morgan fingerprint density at radius 1 is 0.962 bits per heavy atom. The Kier molecular flexibility index (Phi) is 7.03. The Hall–Kier alpha value is -2.08. The number of benzene rings is 2. The number of anilines is 2. The van der Waals surface area contributed by atoms with E-state index in [4.69, 9.17) is 23.2 Å². The van der Waals surface area contributed by atoms with Gasteiger partial charge >= 0.3 is 0 Å². The highest BCUT2D eigenvalue weighted by molar-refractivity contribution is 6.35. The molecule has 0 aliphatic heterocycles. The van der Waals surface area contributed by atoms with Crippen LogP contribution in [0.4, 0.5) is 11.4 Å². The van der Waals surface area contributed by atoms with Gasteiger partial charge < -0.3 is 15.5 Å². The zero-order valence-corrected chi connectivity index (χ0v) is 16.5. The molecule has 1 unspecified atom stereocenters. The molecule has 0 aromatic heterocycles. The van der Waals surface area contributed by atoms with Crippen molar-refractivity contribution in [3.05, 3.63) is 57.6 Å². The number of carbonyl (C=O) groups excluding carboxylic acids is 2. The molecule has 0 saturated carbocycles. The Balaban J connectivity index is 1.89. The monoisotopic (exact) mass is 394 g/mol. The van der Waals surface area contributed by atoms with Crippen molar-refractivity contribution in [2.45, 2.75) is 13.8 Å². The molecule has 2 rings (SSSR count). The fourth-order valence-electron chi connectivity index (χ4n) is 2.59. The molecule has 1 atom stereocenters. The molecule has 0 radical (unpaired) electrons. The van der Waals surface area contributed by atoms with Crippen LogP contribution in [0.5, 0.6) is 0 Å². The van der Waals surface area contributed by atoms with Crippen LogP contribution in [-0.2, 0) is 9.59 Å². The fourth-order valence-corrected chi connectivity index (χ4v) is 2.93. The smallest absolute Gasteiger partial charge is 0.279 e. The maximum absolute atomic E-state index is 12.3. The van der Waals surface area contributed by atoms with Crippen LogP contribution in [0.15, 0.2) is 36.4 Å². The van der Waals surface area contributed by atoms with E-state index in [-0.39, 0.29) is 24.9 Å². The molecule has 2 amide bonds. The summed E-state index contributed by atoms with van der Waals surface area (Å²) in [5, 5.41) is 6.53. The number of rotatable bonds is 6. The second-order valence-corrected chi connectivity index (χ2v) is 7.14. The van der Waals surface area contributed by atoms with E-state index in [1.165, 1.54) is 0 Å². The van der Waals surface area contributed by atoms with Crippen molar-refractivity contribution in [2.75, 3.05) is 30.8 Å². The van der Waals surface area contributed by atoms with Gasteiger partial charge in [-0.2, -0.15) is 0 Å². The van der Waals surface area contributed by atoms with Crippen molar-refractivity contribution < 1.29 is 14.5 Å². The highest BCUT2D eigenvalue weighted by Crippen LogP contribution is 2.25. The minimum absolute atomic E-state index is 0.128. The first-order chi connectivity index (χ1) is 12.3. The number of aryl methyl sites for hydroxylation is 2. The Labute approximate surface area is 163 Å². The first-order valence-electron chi connectivity index (χ1n) is 8.18. The molecule has 3 N–H and O–H groups in total. The van der Waals surface area contributed by atoms with Gasteiger partial charge in [-0.25, -0.2) is 0 Å². The lowest BCUT2D eigenvalue weighted by Gasteiger charge is -2.16. The number of halogens is 2. The van der Waals surface area contributed by atoms with Gasteiger partial charge in [0.1, 0.15) is 0 Å². The average molecular weight is 395 g/mol. The summed E-state index contributed by atoms with van der Waals surface area (Å²) >= 11 is 11.9. The predicted octanol–water partition coefficient (Wildman–Crippen LogP) is 2.70. The van der Waals surface area contributed by atoms with E-state index < -0.39 is 0 Å². The van der Waals surface area contributed by atoms with Gasteiger partial charge in [-0.3, -0.25) is 9.59 Å². The maximum Gasteiger partial charge on any atom is 0.279 e. The molecule has 2 aromatic rings. The van der Waals surface area contributed by atoms with E-state index in [0.29, 0.717) is 15.7 Å². The predicted molar refractivity (Wildman–Crippen MR) is 106 cm³/mol. The summed E-state index contributed by atoms with van der Waals surface area (Å²) in [5.74, 6) is -0.389. The van der Waals surface area contributed by atoms with Crippen LogP contribution in [0.3, 0.4) is 0 Å². The van der Waals surface area contributed by atoms with Crippen LogP contribution in [0.1, 0.15) is 11.1 Å². The lowest BCUT2D eigenvalue weighted by atomic mass is 10.1. The van der Waals surface area contributed by atoms with Crippen molar-refractivity contribution >= 4 is 46.4 Å². The first kappa shape index (κ1) is 20.2. The average Bonchev–Trinajstić information content (AvgIpc) is 2.54. The van der Waals surface area contributed by atoms with Gasteiger partial charge in [0.2, 0.25) is 0 Å². The minimum Gasteiger partial charge on any atom is -0.322 e. The van der Waals surface area contributed by atoms with Gasteiger partial charge in [-0.1, -0.05) is 41.4 Å². The number of amides is 2. The van der Waals surface area contributed by atoms with Crippen LogP contribution in [0.2, 0.25) is 10.0 Å². The van der Waals surface area contributed by atoms with Crippen LogP contribution in [0, 0.1) is 13.8 Å². The van der Waals surface area contributed by atoms with E-state index in [1.807, 2.05) is 32.0 Å². The van der Waals surface area contributed by atoms with Crippen LogP contribution >= 0.6 is 23.2 Å². The molecule has 138 valence electrons. The van der Waals surface area contributed by atoms with E-state index >= 15 is 0 Å². The normalized spacial score (nSPS) is 11.7. The van der Waals surface area contributed by atoms with Gasteiger partial charge in [-0.05, 0) is 43.2 Å². The number of para-hydroxylation sites is 1. The first-order valence-corrected chi connectivity index (χ1v) is 8.94. The molecule has 0 aliphatic rings. The number of hydrogen-bond acceptors (Lipinski definition) is 2. The third-order valence-corrected chi connectivity index (χ3v) is 4.44. The Morgan fingerprint density at radius 3 is 2.15 bits per heavy atom. The molecule has 0 aliphatic carbocycles. The van der Waals surface area contributed by atoms with Crippen LogP contribution in [-0.4, -0.2) is 32.0 Å². The number of carbonyl (C=O) groups is 2. The van der Waals surface area contributed by atoms with E-state index in [1.54, 1.807) is 25.2 Å². The molecule has 5 nitrogen and oxygen atoms in total. The van der Waals surface area contributed by atoms with E-state index in [9.17, 15) is 9.59 Å². The maximum atomic E-state index is 12.3. The summed E-state index contributed by atoms with van der Waals surface area (Å²) in [4.78, 5) is 25.2. The molecule has 0 spiro atoms. The molecule has 0 fully saturated rings. The van der Waals surface area contributed by atoms with Crippen molar-refractivity contribution in [3.8, 4) is 0 Å². The summed E-state index contributed by atoms with van der Waals surface area (Å²) < 4.78 is 0. The van der Waals surface area contributed by atoms with E-state index in [0.717, 1.165) is 21.7 Å². The Bertz CT molecular complexity index is 804. The summed E-state index contributed by atoms with van der Waals surface area (Å²) in [6.07, 6.45) is 0. The standard InChI is InChI=1S/C19H21Cl2N3O2/c1-12-5-4-6-13(2)19(12)23-18(26)11-24(3)10-17(25)22-16-9-14(20)7-8-15(16)21/h4-9H,10-11H2,1-3H3,(H,22,25)(H,23,26)/p+1. The van der Waals surface area contributed by atoms with Crippen LogP contribution in [0.25, 0.3) is 0 Å². The van der Waals surface area contributed by atoms with E-state index in [2.05, 4.69) is 10.6 Å². The second kappa shape index (κ2) is 9.03. The number of quaternary nitrogens is 1. The molecule has 2 aromatic carbocycles. The lowest BCUT2D eigenvalue weighted by Crippen LogP contribution is -3.11. The van der Waals surface area contributed by atoms with Gasteiger partial charge in [0.25, 0.3) is 11.8 Å². The molecule has 0 bridgehead atoms. The van der Waals surface area contributed by atoms with Gasteiger partial charge in [0.05, 0.1) is 17.8 Å². The zero-order chi connectivity index (χ0) is 19.3. The van der Waals surface area contributed by atoms with Gasteiger partial charge in [-0.15, -0.1) is 0 Å². The molecular weight excluding hydrogens is 373 g/mol. The van der Waals surface area contributed by atoms with Gasteiger partial charge in [0.15, 0.2) is 13.1 Å². The topological polar surface area (TPSA) is 62.6 Å². The molecule has 0 saturated heterocycles. The fraction of sp³-hybridized carbons (Fsp3) is 0.263. The summed E-state index contributed by atoms with van der Waals surface area (Å²) in [6.45, 7) is 4.19. The largest absolute Gasteiger partial charge is 0.322 e. The number of likely N-dealkylation sites (N-methyl/N-ethyl adjacent to an activating group) is 1. The summed E-state index contributed by atoms with van der Waals surface area (Å²) in [7, 11) is 1.78. The third-order valence-electron chi connectivity index (χ3n) is 3.87. The molecule has 26 heavy (non-hydrogen) atoms. The SMILES string of the molecule is Cc1cccc(C)c1NC(=O)C[NH+](C)CC(=O)Nc1cc(Cl)ccc1Cl. The molecule has 0 heterocycles. The zero-order valence-electron chi connectivity index (χ0n) is 15.0. The van der Waals surface area contributed by atoms with Crippen molar-refractivity contribution in [3.63, 3.8) is 0 Å². The molecular formula is C19H22Cl2N3O2+. The minimum atomic E-state index is -0.244. The lowest BCUT2D eigenvalue weighted by molar-refractivity contribution is -0.862. The number of hydrogen-bond donors (Lipinski definition) is 3. The highest BCUT2D eigenvalue weighted by atomic mass is 35.5. The highest BCUT2D eigenvalue weighted by Gasteiger charge is 2.16. The van der Waals surface area contributed by atoms with Crippen molar-refractivity contribution in [1.29, 1.82) is 0 Å². The number of nitrogens with one attached hydrogen (secondary N) is 3. The Morgan fingerprint density at radius 2 is 1.54 bits per heavy atom. The second-order valence-electron chi connectivity index (χ2n) is 6.30. The van der Waals surface area contributed by atoms with Crippen molar-refractivity contribution in [2.24, 2.45) is 0 Å². The summed E-state index contributed by atoms with van der Waals surface area (Å²) in [5.41, 5.74) is 3.28. The van der Waals surface area contributed by atoms with Crippen molar-refractivity contribution in [1.82, 2.24) is 0 Å². The third kappa shape index (κ3) is 5.73.